The summed E-state index contributed by atoms with van der Waals surface area (Å²) in [6, 6.07) is 15.8. The predicted octanol–water partition coefficient (Wildman–Crippen LogP) is 4.26. The highest BCUT2D eigenvalue weighted by Gasteiger charge is 2.28. The van der Waals surface area contributed by atoms with Crippen LogP contribution in [-0.2, 0) is 6.42 Å². The predicted molar refractivity (Wildman–Crippen MR) is 88.2 cm³/mol. The van der Waals surface area contributed by atoms with Gasteiger partial charge in [-0.25, -0.2) is 0 Å². The van der Waals surface area contributed by atoms with Crippen LogP contribution in [-0.4, -0.2) is 5.78 Å². The number of hydrogen-bond donors (Lipinski definition) is 1. The number of benzene rings is 2. The molecule has 2 aromatic carbocycles. The minimum Gasteiger partial charge on any atom is -0.397 e. The Morgan fingerprint density at radius 1 is 1.10 bits per heavy atom. The number of Topliss-reactive ketones (excluding diaryl/α,β-unsaturated/α-hetero) is 1. The van der Waals surface area contributed by atoms with Gasteiger partial charge in [0.2, 0.25) is 5.78 Å². The number of hydrogen-bond acceptors (Lipinski definition) is 3. The first-order chi connectivity index (χ1) is 10.2. The summed E-state index contributed by atoms with van der Waals surface area (Å²) in [5, 5.41) is 0. The van der Waals surface area contributed by atoms with Crippen LogP contribution in [0.2, 0.25) is 0 Å². The van der Waals surface area contributed by atoms with Crippen molar-refractivity contribution in [2.75, 3.05) is 0 Å². The van der Waals surface area contributed by atoms with Crippen molar-refractivity contribution in [1.82, 2.24) is 0 Å². The molecule has 2 N–H and O–H groups in total. The van der Waals surface area contributed by atoms with Gasteiger partial charge in [-0.05, 0) is 24.1 Å². The van der Waals surface area contributed by atoms with Crippen molar-refractivity contribution in [2.45, 2.75) is 24.7 Å². The van der Waals surface area contributed by atoms with Gasteiger partial charge in [0.1, 0.15) is 0 Å². The van der Waals surface area contributed by atoms with E-state index in [0.29, 0.717) is 10.6 Å². The first-order valence-electron chi connectivity index (χ1n) is 7.12. The lowest BCUT2D eigenvalue weighted by Crippen LogP contribution is -2.07. The molecule has 1 heterocycles. The van der Waals surface area contributed by atoms with Crippen molar-refractivity contribution in [3.63, 3.8) is 0 Å². The van der Waals surface area contributed by atoms with Crippen molar-refractivity contribution < 1.29 is 4.79 Å². The quantitative estimate of drug-likeness (QED) is 0.861. The lowest BCUT2D eigenvalue weighted by Gasteiger charge is -2.10. The minimum atomic E-state index is 0.0411. The fraction of sp³-hybridized carbons (Fsp3) is 0.167. The molecule has 0 atom stereocenters. The highest BCUT2D eigenvalue weighted by atomic mass is 32.2. The van der Waals surface area contributed by atoms with Crippen LogP contribution >= 0.6 is 11.8 Å². The van der Waals surface area contributed by atoms with E-state index in [0.717, 1.165) is 28.9 Å². The third-order valence-electron chi connectivity index (χ3n) is 3.62. The Kier molecular flexibility index (Phi) is 3.84. The van der Waals surface area contributed by atoms with Gasteiger partial charge in [0, 0.05) is 16.0 Å². The molecule has 0 aromatic heterocycles. The van der Waals surface area contributed by atoms with Gasteiger partial charge in [0.05, 0.1) is 10.6 Å². The number of nitrogens with two attached hydrogens (primary N) is 1. The normalized spacial score (nSPS) is 16.0. The van der Waals surface area contributed by atoms with Crippen LogP contribution < -0.4 is 5.73 Å². The largest absolute Gasteiger partial charge is 0.397 e. The maximum Gasteiger partial charge on any atom is 0.202 e. The van der Waals surface area contributed by atoms with Crippen LogP contribution in [0.5, 0.6) is 0 Å². The summed E-state index contributed by atoms with van der Waals surface area (Å²) in [6.45, 7) is 2.14. The molecule has 106 valence electrons. The first-order valence-corrected chi connectivity index (χ1v) is 7.93. The Morgan fingerprint density at radius 2 is 1.81 bits per heavy atom. The van der Waals surface area contributed by atoms with E-state index in [1.54, 1.807) is 0 Å². The van der Waals surface area contributed by atoms with Gasteiger partial charge >= 0.3 is 0 Å². The average molecular weight is 295 g/mol. The lowest BCUT2D eigenvalue weighted by atomic mass is 9.99. The van der Waals surface area contributed by atoms with Gasteiger partial charge < -0.3 is 5.73 Å². The van der Waals surface area contributed by atoms with E-state index in [1.165, 1.54) is 17.3 Å². The van der Waals surface area contributed by atoms with E-state index in [-0.39, 0.29) is 5.78 Å². The maximum absolute atomic E-state index is 12.5. The SMILES string of the molecule is CCCc1ccccc1C(N)=C1Sc2ccccc2C1=O. The Morgan fingerprint density at radius 3 is 2.57 bits per heavy atom. The summed E-state index contributed by atoms with van der Waals surface area (Å²) in [5.41, 5.74) is 9.89. The highest BCUT2D eigenvalue weighted by molar-refractivity contribution is 8.05. The topological polar surface area (TPSA) is 43.1 Å². The summed E-state index contributed by atoms with van der Waals surface area (Å²) >= 11 is 1.48. The zero-order valence-corrected chi connectivity index (χ0v) is 12.7. The van der Waals surface area contributed by atoms with Crippen LogP contribution in [0.1, 0.15) is 34.8 Å². The molecule has 0 unspecified atom stereocenters. The van der Waals surface area contributed by atoms with E-state index >= 15 is 0 Å². The summed E-state index contributed by atoms with van der Waals surface area (Å²) in [4.78, 5) is 14.2. The van der Waals surface area contributed by atoms with E-state index < -0.39 is 0 Å². The van der Waals surface area contributed by atoms with E-state index in [2.05, 4.69) is 13.0 Å². The van der Waals surface area contributed by atoms with Gasteiger partial charge in [-0.15, -0.1) is 0 Å². The third kappa shape index (κ3) is 2.49. The zero-order valence-electron chi connectivity index (χ0n) is 11.9. The molecule has 0 saturated carbocycles. The van der Waals surface area contributed by atoms with Crippen LogP contribution in [0.25, 0.3) is 5.70 Å². The Labute approximate surface area is 129 Å². The van der Waals surface area contributed by atoms with Crippen molar-refractivity contribution >= 4 is 23.2 Å². The summed E-state index contributed by atoms with van der Waals surface area (Å²) in [6.07, 6.45) is 2.02. The Bertz CT molecular complexity index is 734. The molecule has 0 saturated heterocycles. The van der Waals surface area contributed by atoms with Crippen LogP contribution in [0, 0.1) is 0 Å². The fourth-order valence-electron chi connectivity index (χ4n) is 2.59. The van der Waals surface area contributed by atoms with Crippen molar-refractivity contribution in [3.05, 3.63) is 70.1 Å². The van der Waals surface area contributed by atoms with Gasteiger partial charge in [-0.1, -0.05) is 61.5 Å². The number of allylic oxidation sites excluding steroid dienone is 1. The van der Waals surface area contributed by atoms with Crippen molar-refractivity contribution in [1.29, 1.82) is 0 Å². The summed E-state index contributed by atoms with van der Waals surface area (Å²) < 4.78 is 0. The molecule has 0 amide bonds. The number of carbonyl (C=O) groups excluding carboxylic acids is 1. The number of carbonyl (C=O) groups is 1. The van der Waals surface area contributed by atoms with Gasteiger partial charge in [-0.2, -0.15) is 0 Å². The van der Waals surface area contributed by atoms with Crippen molar-refractivity contribution in [2.24, 2.45) is 5.73 Å². The number of ketones is 1. The lowest BCUT2D eigenvalue weighted by molar-refractivity contribution is 0.104. The molecular formula is C18H17NOS. The molecule has 0 bridgehead atoms. The van der Waals surface area contributed by atoms with Crippen LogP contribution in [0.15, 0.2) is 58.3 Å². The zero-order chi connectivity index (χ0) is 14.8. The van der Waals surface area contributed by atoms with Crippen LogP contribution in [0.3, 0.4) is 0 Å². The van der Waals surface area contributed by atoms with Gasteiger partial charge in [-0.3, -0.25) is 4.79 Å². The molecule has 0 fully saturated rings. The molecule has 3 heteroatoms. The number of thioether (sulfide) groups is 1. The summed E-state index contributed by atoms with van der Waals surface area (Å²) in [7, 11) is 0. The van der Waals surface area contributed by atoms with Gasteiger partial charge in [0.15, 0.2) is 0 Å². The first kappa shape index (κ1) is 14.0. The molecule has 2 aromatic rings. The fourth-order valence-corrected chi connectivity index (χ4v) is 3.65. The molecule has 0 radical (unpaired) electrons. The molecule has 21 heavy (non-hydrogen) atoms. The highest BCUT2D eigenvalue weighted by Crippen LogP contribution is 2.42. The van der Waals surface area contributed by atoms with E-state index in [4.69, 9.17) is 5.73 Å². The number of rotatable bonds is 3. The smallest absolute Gasteiger partial charge is 0.202 e. The Balaban J connectivity index is 2.07. The molecular weight excluding hydrogens is 278 g/mol. The van der Waals surface area contributed by atoms with E-state index in [1.807, 2.05) is 42.5 Å². The molecule has 1 aliphatic heterocycles. The van der Waals surface area contributed by atoms with E-state index in [9.17, 15) is 4.79 Å². The monoisotopic (exact) mass is 295 g/mol. The third-order valence-corrected chi connectivity index (χ3v) is 4.81. The molecule has 3 rings (SSSR count). The number of fused-ring (bicyclic) bond motifs is 1. The van der Waals surface area contributed by atoms with Gasteiger partial charge in [0.25, 0.3) is 0 Å². The minimum absolute atomic E-state index is 0.0411. The summed E-state index contributed by atoms with van der Waals surface area (Å²) in [5.74, 6) is 0.0411. The van der Waals surface area contributed by atoms with Crippen LogP contribution in [0.4, 0.5) is 0 Å². The second-order valence-electron chi connectivity index (χ2n) is 5.08. The Hall–Kier alpha value is -2.00. The molecule has 0 aliphatic carbocycles. The molecule has 0 spiro atoms. The number of aryl methyl sites for hydroxylation is 1. The second-order valence-corrected chi connectivity index (χ2v) is 6.13. The van der Waals surface area contributed by atoms with Crippen molar-refractivity contribution in [3.8, 4) is 0 Å². The standard InChI is InChI=1S/C18H17NOS/c1-2-7-12-8-3-4-9-13(12)16(19)18-17(20)14-10-5-6-11-15(14)21-18/h3-6,8-11H,2,7,19H2,1H3. The molecule has 1 aliphatic rings. The molecule has 2 nitrogen and oxygen atoms in total. The second kappa shape index (κ2) is 5.78. The maximum atomic E-state index is 12.5. The average Bonchev–Trinajstić information content (AvgIpc) is 2.85.